The molecule has 33 heavy (non-hydrogen) atoms. The van der Waals surface area contributed by atoms with E-state index >= 15 is 0 Å². The van der Waals surface area contributed by atoms with Crippen LogP contribution in [0.2, 0.25) is 5.02 Å². The van der Waals surface area contributed by atoms with Gasteiger partial charge >= 0.3 is 5.97 Å². The van der Waals surface area contributed by atoms with Crippen molar-refractivity contribution in [3.63, 3.8) is 0 Å². The molecule has 0 saturated carbocycles. The first-order chi connectivity index (χ1) is 15.8. The Morgan fingerprint density at radius 3 is 2.70 bits per heavy atom. The summed E-state index contributed by atoms with van der Waals surface area (Å²) in [4.78, 5) is 34.8. The third-order valence-electron chi connectivity index (χ3n) is 5.34. The van der Waals surface area contributed by atoms with E-state index in [0.717, 1.165) is 18.3 Å². The number of rotatable bonds is 5. The minimum Gasteiger partial charge on any atom is -0.466 e. The van der Waals surface area contributed by atoms with Crippen LogP contribution in [-0.4, -0.2) is 47.8 Å². The maximum atomic E-state index is 14.5. The third-order valence-corrected chi connectivity index (χ3v) is 5.67. The molecule has 1 saturated heterocycles. The van der Waals surface area contributed by atoms with Crippen LogP contribution in [0.25, 0.3) is 0 Å². The number of carbonyl (C=O) groups is 2. The van der Waals surface area contributed by atoms with Crippen LogP contribution in [0, 0.1) is 17.5 Å². The van der Waals surface area contributed by atoms with Crippen LogP contribution in [0.1, 0.15) is 30.1 Å². The monoisotopic (exact) mass is 478 g/mol. The number of nitrogens with zero attached hydrogens (tertiary/aromatic N) is 3. The summed E-state index contributed by atoms with van der Waals surface area (Å²) in [5.74, 6) is -3.43. The molecular formula is C22H18ClF3N4O3. The average Bonchev–Trinajstić information content (AvgIpc) is 3.17. The summed E-state index contributed by atoms with van der Waals surface area (Å²) in [6, 6.07) is 3.08. The van der Waals surface area contributed by atoms with Crippen LogP contribution in [0.15, 0.2) is 46.7 Å². The highest BCUT2D eigenvalue weighted by atomic mass is 35.5. The van der Waals surface area contributed by atoms with Crippen LogP contribution in [0.3, 0.4) is 0 Å². The number of amidine groups is 1. The topological polar surface area (TPSA) is 83.9 Å². The predicted molar refractivity (Wildman–Crippen MR) is 113 cm³/mol. The van der Waals surface area contributed by atoms with Gasteiger partial charge in [-0.1, -0.05) is 17.7 Å². The Bertz CT molecular complexity index is 1200. The molecule has 2 aromatic rings. The first-order valence-corrected chi connectivity index (χ1v) is 10.4. The first-order valence-electron chi connectivity index (χ1n) is 9.98. The van der Waals surface area contributed by atoms with Gasteiger partial charge in [-0.3, -0.25) is 9.79 Å². The van der Waals surface area contributed by atoms with Crippen molar-refractivity contribution in [1.29, 1.82) is 0 Å². The summed E-state index contributed by atoms with van der Waals surface area (Å²) in [5, 5.41) is 2.85. The Morgan fingerprint density at radius 1 is 1.27 bits per heavy atom. The van der Waals surface area contributed by atoms with Crippen molar-refractivity contribution in [2.45, 2.75) is 18.9 Å². The van der Waals surface area contributed by atoms with Gasteiger partial charge in [-0.15, -0.1) is 0 Å². The minimum absolute atomic E-state index is 0.0135. The highest BCUT2D eigenvalue weighted by Crippen LogP contribution is 2.37. The second kappa shape index (κ2) is 9.22. The molecule has 11 heteroatoms. The Morgan fingerprint density at radius 2 is 2.06 bits per heavy atom. The van der Waals surface area contributed by atoms with Gasteiger partial charge in [-0.05, 0) is 18.6 Å². The Balaban J connectivity index is 1.88. The number of nitrogens with one attached hydrogen (secondary N) is 1. The molecule has 1 N–H and O–H groups in total. The second-order valence-corrected chi connectivity index (χ2v) is 7.86. The van der Waals surface area contributed by atoms with Crippen molar-refractivity contribution < 1.29 is 27.5 Å². The molecule has 1 atom stereocenters. The number of ether oxygens (including phenoxy) is 1. The molecule has 2 aliphatic heterocycles. The van der Waals surface area contributed by atoms with Gasteiger partial charge in [0.1, 0.15) is 23.4 Å². The van der Waals surface area contributed by atoms with Gasteiger partial charge in [0, 0.05) is 35.3 Å². The van der Waals surface area contributed by atoms with Gasteiger partial charge in [0.15, 0.2) is 11.7 Å². The molecule has 7 nitrogen and oxygen atoms in total. The molecule has 1 amide bonds. The zero-order valence-electron chi connectivity index (χ0n) is 17.4. The lowest BCUT2D eigenvalue weighted by Gasteiger charge is -2.29. The zero-order chi connectivity index (χ0) is 23.7. The number of amides is 1. The lowest BCUT2D eigenvalue weighted by molar-refractivity contribution is -0.136. The molecule has 1 aromatic carbocycles. The molecule has 3 heterocycles. The van der Waals surface area contributed by atoms with E-state index in [0.29, 0.717) is 25.5 Å². The van der Waals surface area contributed by atoms with Gasteiger partial charge in [0.25, 0.3) is 0 Å². The molecule has 0 radical (unpaired) electrons. The van der Waals surface area contributed by atoms with Gasteiger partial charge in [0.05, 0.1) is 25.4 Å². The number of aliphatic imine (C=N–C) groups is 1. The number of esters is 1. The number of hydrogen-bond donors (Lipinski definition) is 1. The van der Waals surface area contributed by atoms with Gasteiger partial charge in [-0.2, -0.15) is 0 Å². The summed E-state index contributed by atoms with van der Waals surface area (Å²) in [6.45, 7) is 0.455. The zero-order valence-corrected chi connectivity index (χ0v) is 18.1. The lowest BCUT2D eigenvalue weighted by atomic mass is 9.95. The Hall–Kier alpha value is -3.40. The molecule has 1 fully saturated rings. The van der Waals surface area contributed by atoms with Crippen molar-refractivity contribution in [2.75, 3.05) is 20.2 Å². The summed E-state index contributed by atoms with van der Waals surface area (Å²) in [6.07, 6.45) is 1.84. The van der Waals surface area contributed by atoms with E-state index in [-0.39, 0.29) is 45.8 Å². The maximum Gasteiger partial charge on any atom is 0.338 e. The normalized spacial score (nSPS) is 18.3. The molecule has 0 spiro atoms. The third kappa shape index (κ3) is 4.56. The fourth-order valence-electron chi connectivity index (χ4n) is 3.79. The largest absolute Gasteiger partial charge is 0.466 e. The summed E-state index contributed by atoms with van der Waals surface area (Å²) in [5.41, 5.74) is 0.203. The van der Waals surface area contributed by atoms with Crippen molar-refractivity contribution in [3.05, 3.63) is 75.5 Å². The predicted octanol–water partition coefficient (Wildman–Crippen LogP) is 3.29. The van der Waals surface area contributed by atoms with E-state index in [9.17, 15) is 22.8 Å². The molecule has 0 bridgehead atoms. The van der Waals surface area contributed by atoms with Crippen molar-refractivity contribution in [1.82, 2.24) is 15.2 Å². The number of benzene rings is 1. The molecule has 0 unspecified atom stereocenters. The fourth-order valence-corrected chi connectivity index (χ4v) is 4.06. The van der Waals surface area contributed by atoms with Crippen molar-refractivity contribution >= 4 is 29.3 Å². The van der Waals surface area contributed by atoms with Crippen molar-refractivity contribution in [2.24, 2.45) is 4.99 Å². The fraction of sp³-hybridized carbons (Fsp3) is 0.273. The van der Waals surface area contributed by atoms with Crippen LogP contribution in [0.4, 0.5) is 13.2 Å². The Labute approximate surface area is 191 Å². The number of carbonyl (C=O) groups excluding carboxylic acids is 2. The Kier molecular flexibility index (Phi) is 6.37. The second-order valence-electron chi connectivity index (χ2n) is 7.46. The van der Waals surface area contributed by atoms with E-state index in [2.05, 4.69) is 15.3 Å². The molecule has 172 valence electrons. The summed E-state index contributed by atoms with van der Waals surface area (Å²) < 4.78 is 46.6. The van der Waals surface area contributed by atoms with E-state index in [1.807, 2.05) is 0 Å². The number of likely N-dealkylation sites (tertiary alicyclic amines) is 1. The highest BCUT2D eigenvalue weighted by molar-refractivity contribution is 6.31. The SMILES string of the molecule is COC(=O)C1=C(CN2CCCC2=O)NC(c2ncc(F)cc2F)=N[C@H]1c1ccc(F)cc1Cl. The molecule has 1 aromatic heterocycles. The standard InChI is InChI=1S/C22H18ClF3N4O3/c1-33-22(32)18-16(10-30-6-2-3-17(30)31)28-21(20-15(26)8-12(25)9-27-20)29-19(18)13-5-4-11(24)7-14(13)23/h4-5,7-9,19H,2-3,6,10H2,1H3,(H,28,29)/t19-/m0/s1. The van der Waals surface area contributed by atoms with E-state index < -0.39 is 29.5 Å². The number of aromatic nitrogens is 1. The van der Waals surface area contributed by atoms with Crippen molar-refractivity contribution in [3.8, 4) is 0 Å². The maximum absolute atomic E-state index is 14.5. The van der Waals surface area contributed by atoms with Crippen LogP contribution >= 0.6 is 11.6 Å². The molecule has 0 aliphatic carbocycles. The summed E-state index contributed by atoms with van der Waals surface area (Å²) >= 11 is 6.25. The number of hydrogen-bond acceptors (Lipinski definition) is 6. The number of methoxy groups -OCH3 is 1. The van der Waals surface area contributed by atoms with Gasteiger partial charge in [-0.25, -0.2) is 22.9 Å². The van der Waals surface area contributed by atoms with Crippen LogP contribution in [0.5, 0.6) is 0 Å². The number of halogens is 4. The van der Waals surface area contributed by atoms with E-state index in [1.54, 1.807) is 0 Å². The van der Waals surface area contributed by atoms with E-state index in [4.69, 9.17) is 16.3 Å². The van der Waals surface area contributed by atoms with Gasteiger partial charge < -0.3 is 15.0 Å². The van der Waals surface area contributed by atoms with Crippen LogP contribution in [-0.2, 0) is 14.3 Å². The molecular weight excluding hydrogens is 461 g/mol. The molecule has 2 aliphatic rings. The van der Waals surface area contributed by atoms with E-state index in [1.165, 1.54) is 18.1 Å². The minimum atomic E-state index is -1.12. The summed E-state index contributed by atoms with van der Waals surface area (Å²) in [7, 11) is 1.18. The lowest BCUT2D eigenvalue weighted by Crippen LogP contribution is -2.40. The molecule has 4 rings (SSSR count). The smallest absolute Gasteiger partial charge is 0.338 e. The van der Waals surface area contributed by atoms with Gasteiger partial charge in [0.2, 0.25) is 5.91 Å². The average molecular weight is 479 g/mol. The van der Waals surface area contributed by atoms with Crippen LogP contribution < -0.4 is 5.32 Å². The number of pyridine rings is 1. The first kappa shape index (κ1) is 22.8. The highest BCUT2D eigenvalue weighted by Gasteiger charge is 2.35. The quantitative estimate of drug-likeness (QED) is 0.667.